The van der Waals surface area contributed by atoms with Crippen molar-refractivity contribution in [3.05, 3.63) is 58.2 Å². The van der Waals surface area contributed by atoms with Gasteiger partial charge in [-0.2, -0.15) is 0 Å². The number of aromatic amines is 1. The van der Waals surface area contributed by atoms with E-state index in [2.05, 4.69) is 10.3 Å². The first-order valence-corrected chi connectivity index (χ1v) is 7.56. The second kappa shape index (κ2) is 4.93. The molecule has 1 aliphatic heterocycles. The Morgan fingerprint density at radius 1 is 1.05 bits per heavy atom. The fourth-order valence-corrected chi connectivity index (χ4v) is 3.38. The van der Waals surface area contributed by atoms with Crippen molar-refractivity contribution in [3.8, 4) is 11.5 Å². The molecule has 4 N–H and O–H groups in total. The molecule has 1 atom stereocenters. The predicted molar refractivity (Wildman–Crippen MR) is 86.6 cm³/mol. The number of benzene rings is 2. The number of nitrogens with one attached hydrogen (secondary N) is 2. The van der Waals surface area contributed by atoms with Gasteiger partial charge >= 0.3 is 0 Å². The second-order valence-electron chi connectivity index (χ2n) is 5.59. The van der Waals surface area contributed by atoms with Crippen LogP contribution in [0.5, 0.6) is 11.5 Å². The number of aromatic nitrogens is 1. The molecule has 0 aliphatic carbocycles. The Kier molecular flexibility index (Phi) is 3.03. The number of aromatic hydroxyl groups is 2. The monoisotopic (exact) mass is 314 g/mol. The van der Waals surface area contributed by atoms with Crippen molar-refractivity contribution in [3.63, 3.8) is 0 Å². The number of H-pyrrole nitrogens is 1. The van der Waals surface area contributed by atoms with Gasteiger partial charge in [0.1, 0.15) is 0 Å². The van der Waals surface area contributed by atoms with Crippen LogP contribution in [-0.4, -0.2) is 21.7 Å². The van der Waals surface area contributed by atoms with Crippen LogP contribution in [0.3, 0.4) is 0 Å². The van der Waals surface area contributed by atoms with Crippen molar-refractivity contribution in [2.24, 2.45) is 0 Å². The van der Waals surface area contributed by atoms with Gasteiger partial charge in [-0.1, -0.05) is 17.7 Å². The van der Waals surface area contributed by atoms with E-state index in [9.17, 15) is 10.2 Å². The van der Waals surface area contributed by atoms with Crippen molar-refractivity contribution in [2.45, 2.75) is 12.5 Å². The third-order valence-corrected chi connectivity index (χ3v) is 4.48. The minimum absolute atomic E-state index is 0.0403. The summed E-state index contributed by atoms with van der Waals surface area (Å²) >= 11 is 6.12. The maximum absolute atomic E-state index is 9.75. The molecule has 4 nitrogen and oxygen atoms in total. The molecule has 5 heteroatoms. The summed E-state index contributed by atoms with van der Waals surface area (Å²) in [5.74, 6) is -0.214. The van der Waals surface area contributed by atoms with Gasteiger partial charge in [0.2, 0.25) is 0 Å². The molecule has 1 aliphatic rings. The van der Waals surface area contributed by atoms with Crippen LogP contribution in [0.1, 0.15) is 22.9 Å². The Morgan fingerprint density at radius 3 is 2.73 bits per heavy atom. The zero-order valence-electron chi connectivity index (χ0n) is 11.7. The summed E-state index contributed by atoms with van der Waals surface area (Å²) in [5, 5.41) is 24.6. The zero-order valence-corrected chi connectivity index (χ0v) is 12.5. The Hall–Kier alpha value is -2.17. The van der Waals surface area contributed by atoms with E-state index >= 15 is 0 Å². The standard InChI is InChI=1S/C17H15ClN2O2/c18-10-2-3-13-12(8-10)11-5-6-19-16(17(11)20-13)9-1-4-14(21)15(22)7-9/h1-4,7-8,16,19-22H,5-6H2/t16-/m1/s1. The molecule has 0 radical (unpaired) electrons. The highest BCUT2D eigenvalue weighted by molar-refractivity contribution is 6.31. The number of halogens is 1. The van der Waals surface area contributed by atoms with Crippen LogP contribution in [0.2, 0.25) is 5.02 Å². The van der Waals surface area contributed by atoms with Gasteiger partial charge in [-0.25, -0.2) is 0 Å². The van der Waals surface area contributed by atoms with Crippen molar-refractivity contribution < 1.29 is 10.2 Å². The van der Waals surface area contributed by atoms with Gasteiger partial charge in [0.15, 0.2) is 11.5 Å². The highest BCUT2D eigenvalue weighted by atomic mass is 35.5. The molecule has 0 fully saturated rings. The number of fused-ring (bicyclic) bond motifs is 3. The Bertz CT molecular complexity index is 872. The summed E-state index contributed by atoms with van der Waals surface area (Å²) in [6.45, 7) is 0.846. The number of hydrogen-bond donors (Lipinski definition) is 4. The first-order valence-electron chi connectivity index (χ1n) is 7.19. The molecule has 2 aromatic carbocycles. The van der Waals surface area contributed by atoms with E-state index in [0.29, 0.717) is 0 Å². The average Bonchev–Trinajstić information content (AvgIpc) is 2.88. The van der Waals surface area contributed by atoms with Gasteiger partial charge in [-0.05, 0) is 47.9 Å². The van der Waals surface area contributed by atoms with Crippen LogP contribution in [0, 0.1) is 0 Å². The number of phenolic OH excluding ortho intramolecular Hbond substituents is 2. The lowest BCUT2D eigenvalue weighted by atomic mass is 9.94. The lowest BCUT2D eigenvalue weighted by molar-refractivity contribution is 0.402. The minimum atomic E-state index is -0.108. The van der Waals surface area contributed by atoms with Crippen LogP contribution in [0.15, 0.2) is 36.4 Å². The molecule has 2 heterocycles. The van der Waals surface area contributed by atoms with E-state index in [1.54, 1.807) is 6.07 Å². The third kappa shape index (κ3) is 2.03. The van der Waals surface area contributed by atoms with Gasteiger partial charge in [-0.3, -0.25) is 0 Å². The molecule has 4 rings (SSSR count). The molecule has 0 amide bonds. The second-order valence-corrected chi connectivity index (χ2v) is 6.03. The minimum Gasteiger partial charge on any atom is -0.504 e. The number of hydrogen-bond acceptors (Lipinski definition) is 3. The molecule has 112 valence electrons. The fraction of sp³-hybridized carbons (Fsp3) is 0.176. The Labute approximate surface area is 132 Å². The molecule has 22 heavy (non-hydrogen) atoms. The van der Waals surface area contributed by atoms with Crippen molar-refractivity contribution in [1.29, 1.82) is 0 Å². The summed E-state index contributed by atoms with van der Waals surface area (Å²) in [7, 11) is 0. The number of phenols is 2. The summed E-state index contributed by atoms with van der Waals surface area (Å²) in [5.41, 5.74) is 4.32. The normalized spacial score (nSPS) is 17.6. The van der Waals surface area contributed by atoms with E-state index in [1.165, 1.54) is 11.6 Å². The summed E-state index contributed by atoms with van der Waals surface area (Å²) in [4.78, 5) is 3.46. The lowest BCUT2D eigenvalue weighted by Crippen LogP contribution is -2.30. The fourth-order valence-electron chi connectivity index (χ4n) is 3.20. The molecule has 0 bridgehead atoms. The van der Waals surface area contributed by atoms with Gasteiger partial charge < -0.3 is 20.5 Å². The Balaban J connectivity index is 1.88. The molecule has 0 unspecified atom stereocenters. The predicted octanol–water partition coefficient (Wildman–Crippen LogP) is 3.47. The van der Waals surface area contributed by atoms with E-state index in [-0.39, 0.29) is 17.5 Å². The van der Waals surface area contributed by atoms with Crippen LogP contribution < -0.4 is 5.32 Å². The lowest BCUT2D eigenvalue weighted by Gasteiger charge is -2.25. The molecule has 0 saturated heterocycles. The number of rotatable bonds is 1. The summed E-state index contributed by atoms with van der Waals surface area (Å²) < 4.78 is 0. The highest BCUT2D eigenvalue weighted by Crippen LogP contribution is 2.36. The molecule has 0 spiro atoms. The molecular formula is C17H15ClN2O2. The average molecular weight is 315 g/mol. The van der Waals surface area contributed by atoms with Crippen LogP contribution in [0.4, 0.5) is 0 Å². The van der Waals surface area contributed by atoms with Gasteiger partial charge in [0.05, 0.1) is 6.04 Å². The molecular weight excluding hydrogens is 300 g/mol. The first kappa shape index (κ1) is 13.5. The SMILES string of the molecule is Oc1ccc([C@H]2NCCc3c2[nH]c2ccc(Cl)cc32)cc1O. The van der Waals surface area contributed by atoms with E-state index in [4.69, 9.17) is 11.6 Å². The van der Waals surface area contributed by atoms with Gasteiger partial charge in [0.25, 0.3) is 0 Å². The van der Waals surface area contributed by atoms with Crippen molar-refractivity contribution in [2.75, 3.05) is 6.54 Å². The van der Waals surface area contributed by atoms with Gasteiger partial charge in [-0.15, -0.1) is 0 Å². The van der Waals surface area contributed by atoms with Crippen LogP contribution in [0.25, 0.3) is 10.9 Å². The topological polar surface area (TPSA) is 68.3 Å². The quantitative estimate of drug-likeness (QED) is 0.520. The van der Waals surface area contributed by atoms with Crippen LogP contribution in [-0.2, 0) is 6.42 Å². The van der Waals surface area contributed by atoms with Crippen molar-refractivity contribution in [1.82, 2.24) is 10.3 Å². The largest absolute Gasteiger partial charge is 0.504 e. The van der Waals surface area contributed by atoms with E-state index in [1.807, 2.05) is 24.3 Å². The maximum Gasteiger partial charge on any atom is 0.157 e. The van der Waals surface area contributed by atoms with Crippen LogP contribution >= 0.6 is 11.6 Å². The molecule has 3 aromatic rings. The maximum atomic E-state index is 9.75. The van der Waals surface area contributed by atoms with E-state index in [0.717, 1.165) is 40.1 Å². The van der Waals surface area contributed by atoms with E-state index < -0.39 is 0 Å². The van der Waals surface area contributed by atoms with Crippen molar-refractivity contribution >= 4 is 22.5 Å². The first-order chi connectivity index (χ1) is 10.6. The summed E-state index contributed by atoms with van der Waals surface area (Å²) in [6.07, 6.45) is 0.927. The highest BCUT2D eigenvalue weighted by Gasteiger charge is 2.25. The summed E-state index contributed by atoms with van der Waals surface area (Å²) in [6, 6.07) is 10.7. The smallest absolute Gasteiger partial charge is 0.157 e. The Morgan fingerprint density at radius 2 is 1.91 bits per heavy atom. The van der Waals surface area contributed by atoms with Gasteiger partial charge in [0, 0.05) is 28.2 Å². The zero-order chi connectivity index (χ0) is 15.3. The molecule has 1 aromatic heterocycles. The molecule has 0 saturated carbocycles. The third-order valence-electron chi connectivity index (χ3n) is 4.25.